The van der Waals surface area contributed by atoms with Gasteiger partial charge < -0.3 is 9.59 Å². The van der Waals surface area contributed by atoms with Gasteiger partial charge in [0.15, 0.2) is 0 Å². The summed E-state index contributed by atoms with van der Waals surface area (Å²) < 4.78 is 0.855. The molecule has 0 atom stereocenters. The van der Waals surface area contributed by atoms with Crippen molar-refractivity contribution >= 4 is 0 Å². The number of aliphatic hydroxyl groups excluding tert-OH is 1. The lowest BCUT2D eigenvalue weighted by molar-refractivity contribution is -0.911. The Labute approximate surface area is 93.2 Å². The van der Waals surface area contributed by atoms with Gasteiger partial charge in [-0.3, -0.25) is 0 Å². The van der Waals surface area contributed by atoms with E-state index in [1.165, 1.54) is 0 Å². The first-order chi connectivity index (χ1) is 7.24. The van der Waals surface area contributed by atoms with Crippen molar-refractivity contribution in [1.82, 2.24) is 0 Å². The molecule has 0 fully saturated rings. The van der Waals surface area contributed by atoms with E-state index in [0.29, 0.717) is 0 Å². The Hall–Kier alpha value is -1.22. The molecule has 0 rings (SSSR count). The van der Waals surface area contributed by atoms with Crippen molar-refractivity contribution in [2.45, 2.75) is 13.8 Å². The van der Waals surface area contributed by atoms with Crippen LogP contribution in [0.2, 0.25) is 0 Å². The largest absolute Gasteiger partial charge is 0.384 e. The minimum Gasteiger partial charge on any atom is -0.384 e. The van der Waals surface area contributed by atoms with Gasteiger partial charge in [-0.25, -0.2) is 0 Å². The minimum absolute atomic E-state index is 0.0637. The summed E-state index contributed by atoms with van der Waals surface area (Å²) in [5.74, 6) is 11.6. The smallest absolute Gasteiger partial charge is 0.142 e. The predicted molar refractivity (Wildman–Crippen MR) is 63.9 cm³/mol. The number of hydrogen-bond acceptors (Lipinski definition) is 1. The molecule has 0 saturated carbocycles. The van der Waals surface area contributed by atoms with Crippen LogP contribution < -0.4 is 0 Å². The molecule has 0 aliphatic carbocycles. The van der Waals surface area contributed by atoms with Gasteiger partial charge in [-0.1, -0.05) is 18.4 Å². The molecule has 15 heavy (non-hydrogen) atoms. The molecule has 0 aliphatic heterocycles. The zero-order valence-corrected chi connectivity index (χ0v) is 9.71. The van der Waals surface area contributed by atoms with Crippen LogP contribution in [0, 0.1) is 23.7 Å². The number of nitrogens with zero attached hydrogens (tertiary/aromatic N) is 1. The van der Waals surface area contributed by atoms with Crippen molar-refractivity contribution in [2.24, 2.45) is 0 Å². The molecule has 2 heteroatoms. The highest BCUT2D eigenvalue weighted by molar-refractivity contribution is 5.12. The summed E-state index contributed by atoms with van der Waals surface area (Å²) in [5.41, 5.74) is 0. The van der Waals surface area contributed by atoms with Crippen LogP contribution in [0.25, 0.3) is 0 Å². The SMILES string of the molecule is C=CC#CC[N+](CC)(CC)CC#CCO. The second kappa shape index (κ2) is 8.12. The normalized spacial score (nSPS) is 9.53. The van der Waals surface area contributed by atoms with Crippen LogP contribution in [-0.2, 0) is 0 Å². The van der Waals surface area contributed by atoms with Gasteiger partial charge in [0.2, 0.25) is 0 Å². The highest BCUT2D eigenvalue weighted by Gasteiger charge is 2.19. The Balaban J connectivity index is 4.48. The molecule has 0 bridgehead atoms. The second-order valence-corrected chi connectivity index (χ2v) is 3.33. The molecule has 0 aromatic heterocycles. The summed E-state index contributed by atoms with van der Waals surface area (Å²) in [6.07, 6.45) is 1.61. The number of aliphatic hydroxyl groups is 1. The van der Waals surface area contributed by atoms with E-state index in [1.54, 1.807) is 6.08 Å². The van der Waals surface area contributed by atoms with E-state index in [-0.39, 0.29) is 6.61 Å². The van der Waals surface area contributed by atoms with E-state index in [9.17, 15) is 0 Å². The van der Waals surface area contributed by atoms with Gasteiger partial charge in [-0.05, 0) is 31.8 Å². The standard InChI is InChI=1S/C13H20NO/c1-4-7-8-11-14(5-2,6-3)12-9-10-13-15/h4,15H,1,5-6,11-13H2,2-3H3/q+1. The summed E-state index contributed by atoms with van der Waals surface area (Å²) in [6, 6.07) is 0. The molecule has 0 heterocycles. The third-order valence-electron chi connectivity index (χ3n) is 2.58. The van der Waals surface area contributed by atoms with Gasteiger partial charge in [0, 0.05) is 0 Å². The molecular formula is C13H20NO+. The second-order valence-electron chi connectivity index (χ2n) is 3.33. The van der Waals surface area contributed by atoms with Gasteiger partial charge in [-0.15, -0.1) is 0 Å². The quantitative estimate of drug-likeness (QED) is 0.538. The summed E-state index contributed by atoms with van der Waals surface area (Å²) in [6.45, 7) is 11.3. The Bertz CT molecular complexity index is 294. The van der Waals surface area contributed by atoms with Crippen LogP contribution in [-0.4, -0.2) is 42.4 Å². The van der Waals surface area contributed by atoms with Gasteiger partial charge in [0.1, 0.15) is 19.7 Å². The lowest BCUT2D eigenvalue weighted by Gasteiger charge is -2.32. The summed E-state index contributed by atoms with van der Waals surface area (Å²) >= 11 is 0. The van der Waals surface area contributed by atoms with Crippen LogP contribution in [0.15, 0.2) is 12.7 Å². The van der Waals surface area contributed by atoms with E-state index in [2.05, 4.69) is 44.1 Å². The van der Waals surface area contributed by atoms with E-state index >= 15 is 0 Å². The first-order valence-electron chi connectivity index (χ1n) is 5.25. The zero-order valence-electron chi connectivity index (χ0n) is 9.71. The average molecular weight is 206 g/mol. The highest BCUT2D eigenvalue weighted by atomic mass is 16.2. The van der Waals surface area contributed by atoms with E-state index in [0.717, 1.165) is 30.7 Å². The molecular weight excluding hydrogens is 186 g/mol. The minimum atomic E-state index is -0.0637. The lowest BCUT2D eigenvalue weighted by Crippen LogP contribution is -2.48. The van der Waals surface area contributed by atoms with E-state index in [1.807, 2.05) is 0 Å². The fourth-order valence-corrected chi connectivity index (χ4v) is 1.29. The molecule has 1 N–H and O–H groups in total. The average Bonchev–Trinajstić information content (AvgIpc) is 2.28. The Morgan fingerprint density at radius 3 is 2.20 bits per heavy atom. The van der Waals surface area contributed by atoms with Crippen LogP contribution in [0.5, 0.6) is 0 Å². The maximum atomic E-state index is 8.60. The Kier molecular flexibility index (Phi) is 7.46. The molecule has 0 aromatic rings. The molecule has 0 unspecified atom stereocenters. The number of rotatable bonds is 4. The lowest BCUT2D eigenvalue weighted by atomic mass is 10.3. The number of hydrogen-bond donors (Lipinski definition) is 1. The van der Waals surface area contributed by atoms with Gasteiger partial charge in [0.05, 0.1) is 13.1 Å². The fraction of sp³-hybridized carbons (Fsp3) is 0.538. The number of allylic oxidation sites excluding steroid dienone is 1. The predicted octanol–water partition coefficient (Wildman–Crippen LogP) is 1.03. The van der Waals surface area contributed by atoms with Crippen molar-refractivity contribution in [3.8, 4) is 23.7 Å². The van der Waals surface area contributed by atoms with E-state index < -0.39 is 0 Å². The first kappa shape index (κ1) is 13.8. The highest BCUT2D eigenvalue weighted by Crippen LogP contribution is 2.04. The van der Waals surface area contributed by atoms with Crippen molar-refractivity contribution in [1.29, 1.82) is 0 Å². The van der Waals surface area contributed by atoms with Gasteiger partial charge in [0.25, 0.3) is 0 Å². The van der Waals surface area contributed by atoms with Crippen molar-refractivity contribution in [3.05, 3.63) is 12.7 Å². The van der Waals surface area contributed by atoms with E-state index in [4.69, 9.17) is 5.11 Å². The molecule has 0 spiro atoms. The molecule has 2 nitrogen and oxygen atoms in total. The fourth-order valence-electron chi connectivity index (χ4n) is 1.29. The van der Waals surface area contributed by atoms with Crippen LogP contribution >= 0.6 is 0 Å². The molecule has 0 aliphatic rings. The zero-order chi connectivity index (χ0) is 11.6. The van der Waals surface area contributed by atoms with Gasteiger partial charge >= 0.3 is 0 Å². The van der Waals surface area contributed by atoms with Crippen molar-refractivity contribution in [2.75, 3.05) is 32.8 Å². The third kappa shape index (κ3) is 5.27. The Morgan fingerprint density at radius 2 is 1.73 bits per heavy atom. The van der Waals surface area contributed by atoms with Crippen molar-refractivity contribution in [3.63, 3.8) is 0 Å². The van der Waals surface area contributed by atoms with Crippen LogP contribution in [0.4, 0.5) is 0 Å². The number of quaternary nitrogens is 1. The summed E-state index contributed by atoms with van der Waals surface area (Å²) in [5, 5.41) is 8.60. The monoisotopic (exact) mass is 206 g/mol. The summed E-state index contributed by atoms with van der Waals surface area (Å²) in [4.78, 5) is 0. The maximum Gasteiger partial charge on any atom is 0.142 e. The summed E-state index contributed by atoms with van der Waals surface area (Å²) in [7, 11) is 0. The molecule has 82 valence electrons. The maximum absolute atomic E-state index is 8.60. The van der Waals surface area contributed by atoms with Gasteiger partial charge in [-0.2, -0.15) is 0 Å². The first-order valence-corrected chi connectivity index (χ1v) is 5.25. The van der Waals surface area contributed by atoms with Crippen LogP contribution in [0.3, 0.4) is 0 Å². The van der Waals surface area contributed by atoms with Crippen molar-refractivity contribution < 1.29 is 9.59 Å². The molecule has 0 aromatic carbocycles. The third-order valence-corrected chi connectivity index (χ3v) is 2.58. The molecule has 0 saturated heterocycles. The Morgan fingerprint density at radius 1 is 1.13 bits per heavy atom. The molecule has 0 radical (unpaired) electrons. The topological polar surface area (TPSA) is 20.2 Å². The molecule has 0 amide bonds. The van der Waals surface area contributed by atoms with Crippen LogP contribution in [0.1, 0.15) is 13.8 Å².